The van der Waals surface area contributed by atoms with Crippen LogP contribution in [-0.4, -0.2) is 12.2 Å². The molecule has 2 aromatic carbocycles. The van der Waals surface area contributed by atoms with Crippen LogP contribution in [0.4, 0.5) is 0 Å². The van der Waals surface area contributed by atoms with Crippen molar-refractivity contribution in [2.75, 3.05) is 7.11 Å². The zero-order valence-electron chi connectivity index (χ0n) is 13.3. The van der Waals surface area contributed by atoms with E-state index in [-0.39, 0.29) is 5.75 Å². The molecule has 0 spiro atoms. The number of aromatic hydroxyl groups is 1. The lowest BCUT2D eigenvalue weighted by molar-refractivity contribution is 0.401. The van der Waals surface area contributed by atoms with Gasteiger partial charge in [0.25, 0.3) is 0 Å². The van der Waals surface area contributed by atoms with E-state index in [4.69, 9.17) is 4.74 Å². The quantitative estimate of drug-likeness (QED) is 0.615. The number of phenols is 1. The standard InChI is InChI=1S/C20H22O2/c1-15(2)9-12-18-19(21)13-17(14-20(18)22-3)11-10-16-7-5-4-6-8-16/h4-11,13-14,21H,12H2,1-3H3. The Labute approximate surface area is 132 Å². The van der Waals surface area contributed by atoms with E-state index in [1.54, 1.807) is 13.2 Å². The average Bonchev–Trinajstić information content (AvgIpc) is 2.52. The Hall–Kier alpha value is -2.48. The molecule has 0 atom stereocenters. The maximum absolute atomic E-state index is 10.3. The Kier molecular flexibility index (Phi) is 5.42. The smallest absolute Gasteiger partial charge is 0.126 e. The number of hydrogen-bond acceptors (Lipinski definition) is 2. The summed E-state index contributed by atoms with van der Waals surface area (Å²) in [6.07, 6.45) is 6.74. The van der Waals surface area contributed by atoms with Crippen molar-refractivity contribution in [3.05, 3.63) is 70.8 Å². The summed E-state index contributed by atoms with van der Waals surface area (Å²) in [5, 5.41) is 10.3. The van der Waals surface area contributed by atoms with Crippen molar-refractivity contribution in [2.24, 2.45) is 0 Å². The third-order valence-electron chi connectivity index (χ3n) is 3.41. The molecule has 22 heavy (non-hydrogen) atoms. The van der Waals surface area contributed by atoms with Crippen LogP contribution in [0.2, 0.25) is 0 Å². The van der Waals surface area contributed by atoms with E-state index >= 15 is 0 Å². The van der Waals surface area contributed by atoms with Crippen LogP contribution in [0.25, 0.3) is 12.2 Å². The summed E-state index contributed by atoms with van der Waals surface area (Å²) in [6, 6.07) is 13.8. The fourth-order valence-electron chi connectivity index (χ4n) is 2.20. The van der Waals surface area contributed by atoms with E-state index in [0.29, 0.717) is 12.2 Å². The summed E-state index contributed by atoms with van der Waals surface area (Å²) in [7, 11) is 1.63. The molecule has 0 bridgehead atoms. The normalized spacial score (nSPS) is 10.7. The number of phenolic OH excluding ortho intramolecular Hbond substituents is 1. The van der Waals surface area contributed by atoms with Crippen molar-refractivity contribution in [1.82, 2.24) is 0 Å². The summed E-state index contributed by atoms with van der Waals surface area (Å²) < 4.78 is 5.43. The molecule has 0 unspecified atom stereocenters. The Morgan fingerprint density at radius 3 is 2.36 bits per heavy atom. The lowest BCUT2D eigenvalue weighted by Crippen LogP contribution is -1.93. The highest BCUT2D eigenvalue weighted by atomic mass is 16.5. The number of hydrogen-bond donors (Lipinski definition) is 1. The molecule has 2 heteroatoms. The van der Waals surface area contributed by atoms with Gasteiger partial charge in [-0.1, -0.05) is 54.1 Å². The number of ether oxygens (including phenoxy) is 1. The van der Waals surface area contributed by atoms with Gasteiger partial charge in [0.15, 0.2) is 0 Å². The lowest BCUT2D eigenvalue weighted by atomic mass is 10.0. The van der Waals surface area contributed by atoms with Crippen molar-refractivity contribution in [2.45, 2.75) is 20.3 Å². The Bertz CT molecular complexity index is 678. The number of methoxy groups -OCH3 is 1. The molecular weight excluding hydrogens is 272 g/mol. The first kappa shape index (κ1) is 15.9. The van der Waals surface area contributed by atoms with Gasteiger partial charge in [0.2, 0.25) is 0 Å². The third kappa shape index (κ3) is 4.26. The molecular formula is C20H22O2. The molecule has 114 valence electrons. The zero-order valence-corrected chi connectivity index (χ0v) is 13.3. The molecule has 2 nitrogen and oxygen atoms in total. The molecule has 0 aliphatic carbocycles. The van der Waals surface area contributed by atoms with E-state index in [2.05, 4.69) is 6.08 Å². The molecule has 2 rings (SSSR count). The molecule has 0 amide bonds. The molecule has 0 saturated heterocycles. The first-order chi connectivity index (χ1) is 10.6. The van der Waals surface area contributed by atoms with Gasteiger partial charge in [0.05, 0.1) is 7.11 Å². The minimum atomic E-state index is 0.268. The third-order valence-corrected chi connectivity index (χ3v) is 3.41. The van der Waals surface area contributed by atoms with Gasteiger partial charge in [-0.15, -0.1) is 0 Å². The molecule has 0 saturated carbocycles. The van der Waals surface area contributed by atoms with Crippen molar-refractivity contribution >= 4 is 12.2 Å². The monoisotopic (exact) mass is 294 g/mol. The topological polar surface area (TPSA) is 29.5 Å². The molecule has 0 aliphatic rings. The fourth-order valence-corrected chi connectivity index (χ4v) is 2.20. The summed E-state index contributed by atoms with van der Waals surface area (Å²) in [5.74, 6) is 0.981. The van der Waals surface area contributed by atoms with E-state index in [9.17, 15) is 5.11 Å². The fraction of sp³-hybridized carbons (Fsp3) is 0.200. The zero-order chi connectivity index (χ0) is 15.9. The molecule has 0 heterocycles. The predicted octanol–water partition coefficient (Wildman–Crippen LogP) is 5.08. The second-order valence-electron chi connectivity index (χ2n) is 5.45. The van der Waals surface area contributed by atoms with E-state index < -0.39 is 0 Å². The van der Waals surface area contributed by atoms with Crippen molar-refractivity contribution in [3.8, 4) is 11.5 Å². The summed E-state index contributed by atoms with van der Waals surface area (Å²) in [5.41, 5.74) is 4.07. The molecule has 1 N–H and O–H groups in total. The van der Waals surface area contributed by atoms with Crippen molar-refractivity contribution in [1.29, 1.82) is 0 Å². The maximum atomic E-state index is 10.3. The van der Waals surface area contributed by atoms with Crippen LogP contribution in [0.15, 0.2) is 54.1 Å². The summed E-state index contributed by atoms with van der Waals surface area (Å²) in [4.78, 5) is 0. The SMILES string of the molecule is COc1cc(C=Cc2ccccc2)cc(O)c1CC=C(C)C. The van der Waals surface area contributed by atoms with Crippen LogP contribution < -0.4 is 4.74 Å². The Morgan fingerprint density at radius 1 is 1.05 bits per heavy atom. The van der Waals surface area contributed by atoms with Crippen LogP contribution in [0, 0.1) is 0 Å². The van der Waals surface area contributed by atoms with Crippen molar-refractivity contribution < 1.29 is 9.84 Å². The van der Waals surface area contributed by atoms with Crippen LogP contribution in [0.5, 0.6) is 11.5 Å². The average molecular weight is 294 g/mol. The van der Waals surface area contributed by atoms with Gasteiger partial charge in [0, 0.05) is 5.56 Å². The van der Waals surface area contributed by atoms with Crippen LogP contribution in [0.1, 0.15) is 30.5 Å². The summed E-state index contributed by atoms with van der Waals surface area (Å²) in [6.45, 7) is 4.08. The molecule has 0 radical (unpaired) electrons. The van der Waals surface area contributed by atoms with Crippen molar-refractivity contribution in [3.63, 3.8) is 0 Å². The van der Waals surface area contributed by atoms with Gasteiger partial charge < -0.3 is 9.84 Å². The maximum Gasteiger partial charge on any atom is 0.126 e. The highest BCUT2D eigenvalue weighted by Gasteiger charge is 2.09. The first-order valence-corrected chi connectivity index (χ1v) is 7.36. The minimum absolute atomic E-state index is 0.268. The Balaban J connectivity index is 2.29. The van der Waals surface area contributed by atoms with Crippen LogP contribution in [0.3, 0.4) is 0 Å². The lowest BCUT2D eigenvalue weighted by Gasteiger charge is -2.10. The number of allylic oxidation sites excluding steroid dienone is 2. The van der Waals surface area contributed by atoms with Crippen LogP contribution >= 0.6 is 0 Å². The second-order valence-corrected chi connectivity index (χ2v) is 5.45. The van der Waals surface area contributed by atoms with E-state index in [1.165, 1.54) is 5.57 Å². The van der Waals surface area contributed by atoms with Gasteiger partial charge >= 0.3 is 0 Å². The Morgan fingerprint density at radius 2 is 1.73 bits per heavy atom. The minimum Gasteiger partial charge on any atom is -0.507 e. The van der Waals surface area contributed by atoms with Crippen LogP contribution in [-0.2, 0) is 6.42 Å². The van der Waals surface area contributed by atoms with Gasteiger partial charge in [-0.05, 0) is 43.5 Å². The van der Waals surface area contributed by atoms with Gasteiger partial charge in [-0.3, -0.25) is 0 Å². The van der Waals surface area contributed by atoms with Gasteiger partial charge in [0.1, 0.15) is 11.5 Å². The molecule has 0 fully saturated rings. The number of benzene rings is 2. The largest absolute Gasteiger partial charge is 0.507 e. The molecule has 2 aromatic rings. The second kappa shape index (κ2) is 7.51. The van der Waals surface area contributed by atoms with E-state index in [0.717, 1.165) is 16.7 Å². The molecule has 0 aliphatic heterocycles. The predicted molar refractivity (Wildman–Crippen MR) is 93.2 cm³/mol. The highest BCUT2D eigenvalue weighted by Crippen LogP contribution is 2.31. The van der Waals surface area contributed by atoms with E-state index in [1.807, 2.05) is 62.4 Å². The molecule has 0 aromatic heterocycles. The highest BCUT2D eigenvalue weighted by molar-refractivity contribution is 5.71. The van der Waals surface area contributed by atoms with Gasteiger partial charge in [-0.25, -0.2) is 0 Å². The van der Waals surface area contributed by atoms with Gasteiger partial charge in [-0.2, -0.15) is 0 Å². The summed E-state index contributed by atoms with van der Waals surface area (Å²) >= 11 is 0. The number of rotatable bonds is 5. The first-order valence-electron chi connectivity index (χ1n) is 7.36.